The number of benzene rings is 2. The van der Waals surface area contributed by atoms with Crippen molar-refractivity contribution in [3.05, 3.63) is 60.2 Å². The van der Waals surface area contributed by atoms with Crippen molar-refractivity contribution in [2.24, 2.45) is 11.0 Å². The van der Waals surface area contributed by atoms with Crippen LogP contribution in [0.1, 0.15) is 32.3 Å². The molecule has 0 aromatic heterocycles. The molecule has 0 saturated carbocycles. The number of hydrazone groups is 1. The standard InChI is InChI=1S/C20H23N3O3S/c1-3-13-23(27(25,26)18-7-5-4-6-8-18)17-11-9-16(10-12-17)20-15(2)14-19(24)21-22-20/h4-12,15H,3,13-14H2,1-2H3,(H,21,24). The largest absolute Gasteiger partial charge is 0.273 e. The van der Waals surface area contributed by atoms with Gasteiger partial charge >= 0.3 is 0 Å². The lowest BCUT2D eigenvalue weighted by molar-refractivity contribution is -0.121. The number of carbonyl (C=O) groups excluding carboxylic acids is 1. The zero-order valence-corrected chi connectivity index (χ0v) is 16.2. The summed E-state index contributed by atoms with van der Waals surface area (Å²) < 4.78 is 27.5. The van der Waals surface area contributed by atoms with E-state index in [0.29, 0.717) is 25.1 Å². The van der Waals surface area contributed by atoms with E-state index >= 15 is 0 Å². The van der Waals surface area contributed by atoms with Crippen molar-refractivity contribution in [1.29, 1.82) is 0 Å². The number of rotatable bonds is 6. The number of amides is 1. The molecule has 0 bridgehead atoms. The van der Waals surface area contributed by atoms with Crippen LogP contribution in [0.4, 0.5) is 5.69 Å². The highest BCUT2D eigenvalue weighted by molar-refractivity contribution is 7.92. The summed E-state index contributed by atoms with van der Waals surface area (Å²) in [5, 5.41) is 4.15. The fourth-order valence-electron chi connectivity index (χ4n) is 3.11. The molecule has 2 aromatic rings. The molecule has 1 aliphatic rings. The lowest BCUT2D eigenvalue weighted by Gasteiger charge is -2.25. The number of hydrogen-bond donors (Lipinski definition) is 1. The predicted octanol–water partition coefficient (Wildman–Crippen LogP) is 3.15. The fourth-order valence-corrected chi connectivity index (χ4v) is 4.69. The van der Waals surface area contributed by atoms with Gasteiger partial charge in [0, 0.05) is 18.9 Å². The quantitative estimate of drug-likeness (QED) is 0.830. The smallest absolute Gasteiger partial charge is 0.264 e. The average molecular weight is 385 g/mol. The van der Waals surface area contributed by atoms with Gasteiger partial charge < -0.3 is 0 Å². The van der Waals surface area contributed by atoms with E-state index in [1.807, 2.05) is 26.0 Å². The second kappa shape index (κ2) is 7.92. The van der Waals surface area contributed by atoms with E-state index in [0.717, 1.165) is 11.3 Å². The first kappa shape index (κ1) is 19.1. The number of sulfonamides is 1. The number of anilines is 1. The first-order valence-electron chi connectivity index (χ1n) is 8.98. The van der Waals surface area contributed by atoms with Gasteiger partial charge in [-0.15, -0.1) is 0 Å². The highest BCUT2D eigenvalue weighted by Gasteiger charge is 2.25. The maximum Gasteiger partial charge on any atom is 0.264 e. The summed E-state index contributed by atoms with van der Waals surface area (Å²) in [6.45, 7) is 4.29. The molecule has 1 unspecified atom stereocenters. The van der Waals surface area contributed by atoms with Gasteiger partial charge in [0.05, 0.1) is 16.3 Å². The molecule has 2 aromatic carbocycles. The summed E-state index contributed by atoms with van der Waals surface area (Å²) in [5.74, 6) is -0.0738. The summed E-state index contributed by atoms with van der Waals surface area (Å²) in [4.78, 5) is 11.7. The van der Waals surface area contributed by atoms with Gasteiger partial charge in [0.15, 0.2) is 0 Å². The second-order valence-electron chi connectivity index (χ2n) is 6.57. The van der Waals surface area contributed by atoms with Gasteiger partial charge in [-0.3, -0.25) is 9.10 Å². The Kier molecular flexibility index (Phi) is 5.60. The Morgan fingerprint density at radius 2 is 1.78 bits per heavy atom. The molecule has 0 fully saturated rings. The Morgan fingerprint density at radius 1 is 1.11 bits per heavy atom. The zero-order chi connectivity index (χ0) is 19.4. The van der Waals surface area contributed by atoms with Crippen molar-refractivity contribution >= 4 is 27.3 Å². The van der Waals surface area contributed by atoms with Gasteiger partial charge in [0.25, 0.3) is 10.0 Å². The van der Waals surface area contributed by atoms with Crippen LogP contribution in [0.5, 0.6) is 0 Å². The van der Waals surface area contributed by atoms with Gasteiger partial charge in [0.1, 0.15) is 0 Å². The highest BCUT2D eigenvalue weighted by atomic mass is 32.2. The molecule has 1 amide bonds. The van der Waals surface area contributed by atoms with Crippen LogP contribution < -0.4 is 9.73 Å². The fraction of sp³-hybridized carbons (Fsp3) is 0.300. The van der Waals surface area contributed by atoms with E-state index in [4.69, 9.17) is 0 Å². The van der Waals surface area contributed by atoms with Crippen molar-refractivity contribution in [3.8, 4) is 0 Å². The van der Waals surface area contributed by atoms with Crippen molar-refractivity contribution in [1.82, 2.24) is 5.43 Å². The minimum Gasteiger partial charge on any atom is -0.273 e. The van der Waals surface area contributed by atoms with E-state index in [1.54, 1.807) is 42.5 Å². The van der Waals surface area contributed by atoms with Crippen LogP contribution in [0.15, 0.2) is 64.6 Å². The van der Waals surface area contributed by atoms with Gasteiger partial charge in [-0.2, -0.15) is 5.10 Å². The Balaban J connectivity index is 1.93. The molecule has 3 rings (SSSR count). The molecule has 1 aliphatic heterocycles. The zero-order valence-electron chi connectivity index (χ0n) is 15.4. The lowest BCUT2D eigenvalue weighted by Crippen LogP contribution is -2.32. The van der Waals surface area contributed by atoms with Crippen LogP contribution >= 0.6 is 0 Å². The maximum atomic E-state index is 13.1. The Morgan fingerprint density at radius 3 is 2.37 bits per heavy atom. The van der Waals surface area contributed by atoms with Crippen LogP contribution in [0.3, 0.4) is 0 Å². The molecule has 1 N–H and O–H groups in total. The number of nitrogens with zero attached hydrogens (tertiary/aromatic N) is 2. The molecule has 0 saturated heterocycles. The number of nitrogens with one attached hydrogen (secondary N) is 1. The molecule has 0 aliphatic carbocycles. The first-order valence-corrected chi connectivity index (χ1v) is 10.4. The molecule has 27 heavy (non-hydrogen) atoms. The van der Waals surface area contributed by atoms with Crippen molar-refractivity contribution in [2.45, 2.75) is 31.6 Å². The summed E-state index contributed by atoms with van der Waals surface area (Å²) in [6, 6.07) is 15.7. The molecule has 1 atom stereocenters. The van der Waals surface area contributed by atoms with Gasteiger partial charge in [-0.05, 0) is 36.2 Å². The molecule has 0 radical (unpaired) electrons. The molecule has 7 heteroatoms. The topological polar surface area (TPSA) is 78.8 Å². The monoisotopic (exact) mass is 385 g/mol. The van der Waals surface area contributed by atoms with Crippen LogP contribution in [-0.2, 0) is 14.8 Å². The minimum atomic E-state index is -3.63. The third-order valence-electron chi connectivity index (χ3n) is 4.47. The van der Waals surface area contributed by atoms with Crippen LogP contribution in [0.25, 0.3) is 0 Å². The Bertz CT molecular complexity index is 938. The summed E-state index contributed by atoms with van der Waals surface area (Å²) in [7, 11) is -3.63. The van der Waals surface area contributed by atoms with Gasteiger partial charge in [0.2, 0.25) is 5.91 Å². The lowest BCUT2D eigenvalue weighted by atomic mass is 9.94. The van der Waals surface area contributed by atoms with E-state index in [-0.39, 0.29) is 16.7 Å². The van der Waals surface area contributed by atoms with Gasteiger partial charge in [-0.1, -0.05) is 44.2 Å². The molecular weight excluding hydrogens is 362 g/mol. The van der Waals surface area contributed by atoms with Crippen LogP contribution in [-0.4, -0.2) is 26.6 Å². The van der Waals surface area contributed by atoms with E-state index < -0.39 is 10.0 Å². The molecular formula is C20H23N3O3S. The second-order valence-corrected chi connectivity index (χ2v) is 8.44. The third kappa shape index (κ3) is 4.03. The van der Waals surface area contributed by atoms with Gasteiger partial charge in [-0.25, -0.2) is 13.8 Å². The van der Waals surface area contributed by atoms with Crippen molar-refractivity contribution in [3.63, 3.8) is 0 Å². The van der Waals surface area contributed by atoms with E-state index in [2.05, 4.69) is 10.5 Å². The van der Waals surface area contributed by atoms with E-state index in [9.17, 15) is 13.2 Å². The summed E-state index contributed by atoms with van der Waals surface area (Å²) in [6.07, 6.45) is 1.09. The Hall–Kier alpha value is -2.67. The summed E-state index contributed by atoms with van der Waals surface area (Å²) in [5.41, 5.74) is 4.79. The first-order chi connectivity index (χ1) is 12.9. The Labute approximate surface area is 159 Å². The molecule has 0 spiro atoms. The predicted molar refractivity (Wildman–Crippen MR) is 106 cm³/mol. The highest BCUT2D eigenvalue weighted by Crippen LogP contribution is 2.26. The SMILES string of the molecule is CCCN(c1ccc(C2=NNC(=O)CC2C)cc1)S(=O)(=O)c1ccccc1. The minimum absolute atomic E-state index is 0.0180. The van der Waals surface area contributed by atoms with Crippen molar-refractivity contribution in [2.75, 3.05) is 10.8 Å². The normalized spacial score (nSPS) is 17.2. The van der Waals surface area contributed by atoms with Crippen LogP contribution in [0, 0.1) is 5.92 Å². The average Bonchev–Trinajstić information content (AvgIpc) is 2.67. The molecule has 142 valence electrons. The van der Waals surface area contributed by atoms with E-state index in [1.165, 1.54) is 4.31 Å². The maximum absolute atomic E-state index is 13.1. The summed E-state index contributed by atoms with van der Waals surface area (Å²) >= 11 is 0. The number of carbonyl (C=O) groups is 1. The van der Waals surface area contributed by atoms with Crippen LogP contribution in [0.2, 0.25) is 0 Å². The molecule has 6 nitrogen and oxygen atoms in total. The van der Waals surface area contributed by atoms with Crippen molar-refractivity contribution < 1.29 is 13.2 Å². The third-order valence-corrected chi connectivity index (χ3v) is 6.31. The molecule has 1 heterocycles. The number of hydrogen-bond acceptors (Lipinski definition) is 4.